The molecule has 2 aliphatic rings. The molecule has 1 spiro atoms. The summed E-state index contributed by atoms with van der Waals surface area (Å²) in [6.07, 6.45) is 2.69. The minimum Gasteiger partial charge on any atom is -0.369 e. The predicted molar refractivity (Wildman–Crippen MR) is 101 cm³/mol. The summed E-state index contributed by atoms with van der Waals surface area (Å²) < 4.78 is 0. The molecule has 7 nitrogen and oxygen atoms in total. The van der Waals surface area contributed by atoms with Gasteiger partial charge in [-0.05, 0) is 26.7 Å². The van der Waals surface area contributed by atoms with Gasteiger partial charge in [-0.3, -0.25) is 14.6 Å². The Morgan fingerprint density at radius 2 is 2.22 bits per heavy atom. The number of amides is 2. The van der Waals surface area contributed by atoms with E-state index in [-0.39, 0.29) is 41.2 Å². The molecule has 2 aliphatic heterocycles. The molecular weight excluding hydrogens is 409 g/mol. The number of hydrogen-bond donors (Lipinski definition) is 3. The van der Waals surface area contributed by atoms with Crippen molar-refractivity contribution >= 4 is 41.8 Å². The highest BCUT2D eigenvalue weighted by molar-refractivity contribution is 14.0. The number of hydrogen-bond acceptors (Lipinski definition) is 3. The summed E-state index contributed by atoms with van der Waals surface area (Å²) in [5.41, 5.74) is 4.80. The lowest BCUT2D eigenvalue weighted by molar-refractivity contribution is -0.125. The maximum absolute atomic E-state index is 11.6. The molecule has 1 atom stereocenters. The van der Waals surface area contributed by atoms with Crippen LogP contribution in [0, 0.1) is 10.8 Å². The summed E-state index contributed by atoms with van der Waals surface area (Å²) in [6.45, 7) is 6.52. The van der Waals surface area contributed by atoms with E-state index in [4.69, 9.17) is 5.73 Å². The number of aliphatic imine (C=N–C) groups is 1. The van der Waals surface area contributed by atoms with E-state index in [0.29, 0.717) is 13.0 Å². The molecule has 1 unspecified atom stereocenters. The molecule has 2 amide bonds. The van der Waals surface area contributed by atoms with Gasteiger partial charge in [-0.15, -0.1) is 24.0 Å². The number of halogens is 1. The number of primary amides is 1. The van der Waals surface area contributed by atoms with Crippen LogP contribution in [-0.2, 0) is 9.59 Å². The highest BCUT2D eigenvalue weighted by Gasteiger charge is 2.42. The van der Waals surface area contributed by atoms with Gasteiger partial charge >= 0.3 is 0 Å². The SMILES string of the molecule is CN=C(NCC(C)(C)C(N)=O)N1CCCC2(CNC(=O)C2)C1.I. The number of likely N-dealkylation sites (tertiary alicyclic amines) is 1. The molecule has 4 N–H and O–H groups in total. The number of rotatable bonds is 3. The van der Waals surface area contributed by atoms with Crippen molar-refractivity contribution in [1.82, 2.24) is 15.5 Å². The summed E-state index contributed by atoms with van der Waals surface area (Å²) in [7, 11) is 1.74. The van der Waals surface area contributed by atoms with Crippen LogP contribution in [-0.4, -0.2) is 55.9 Å². The first-order valence-electron chi connectivity index (χ1n) is 7.80. The lowest BCUT2D eigenvalue weighted by atomic mass is 9.79. The second kappa shape index (κ2) is 7.67. The van der Waals surface area contributed by atoms with Crippen LogP contribution in [0.5, 0.6) is 0 Å². The monoisotopic (exact) mass is 437 g/mol. The number of guanidine groups is 1. The Balaban J connectivity index is 0.00000264. The lowest BCUT2D eigenvalue weighted by Crippen LogP contribution is -2.53. The van der Waals surface area contributed by atoms with Crippen molar-refractivity contribution < 1.29 is 9.59 Å². The van der Waals surface area contributed by atoms with Crippen LogP contribution in [0.15, 0.2) is 4.99 Å². The van der Waals surface area contributed by atoms with Crippen molar-refractivity contribution in [3.05, 3.63) is 0 Å². The number of piperidine rings is 1. The zero-order valence-electron chi connectivity index (χ0n) is 14.1. The van der Waals surface area contributed by atoms with Gasteiger partial charge in [0.25, 0.3) is 0 Å². The van der Waals surface area contributed by atoms with E-state index in [1.807, 2.05) is 13.8 Å². The number of nitrogens with two attached hydrogens (primary N) is 1. The average Bonchev–Trinajstić information content (AvgIpc) is 2.80. The fourth-order valence-electron chi connectivity index (χ4n) is 3.15. The fourth-order valence-corrected chi connectivity index (χ4v) is 3.15. The molecule has 0 radical (unpaired) electrons. The van der Waals surface area contributed by atoms with Crippen LogP contribution in [0.3, 0.4) is 0 Å². The van der Waals surface area contributed by atoms with E-state index in [1.54, 1.807) is 7.05 Å². The first kappa shape index (κ1) is 20.0. The first-order chi connectivity index (χ1) is 10.3. The third-order valence-electron chi connectivity index (χ3n) is 4.72. The van der Waals surface area contributed by atoms with Crippen molar-refractivity contribution in [1.29, 1.82) is 0 Å². The van der Waals surface area contributed by atoms with Gasteiger partial charge in [0.05, 0.1) is 5.41 Å². The molecule has 2 fully saturated rings. The molecule has 23 heavy (non-hydrogen) atoms. The third-order valence-corrected chi connectivity index (χ3v) is 4.72. The minimum absolute atomic E-state index is 0. The number of nitrogens with zero attached hydrogens (tertiary/aromatic N) is 2. The van der Waals surface area contributed by atoms with E-state index in [0.717, 1.165) is 38.4 Å². The van der Waals surface area contributed by atoms with Gasteiger partial charge in [-0.2, -0.15) is 0 Å². The Labute approximate surface area is 154 Å². The normalized spacial score (nSPS) is 25.1. The van der Waals surface area contributed by atoms with Gasteiger partial charge in [0.1, 0.15) is 0 Å². The standard InChI is InChI=1S/C15H27N5O2.HI/c1-14(2,12(16)22)8-19-13(17-3)20-6-4-5-15(10-20)7-11(21)18-9-15;/h4-10H2,1-3H3,(H2,16,22)(H,17,19)(H,18,21);1H. The molecule has 8 heteroatoms. The van der Waals surface area contributed by atoms with Crippen LogP contribution < -0.4 is 16.4 Å². The molecule has 0 bridgehead atoms. The summed E-state index contributed by atoms with van der Waals surface area (Å²) in [6, 6.07) is 0. The van der Waals surface area contributed by atoms with Crippen molar-refractivity contribution in [3.8, 4) is 0 Å². The lowest BCUT2D eigenvalue weighted by Gasteiger charge is -2.41. The molecular formula is C15H28IN5O2. The number of carbonyl (C=O) groups excluding carboxylic acids is 2. The average molecular weight is 437 g/mol. The van der Waals surface area contributed by atoms with Gasteiger partial charge in [0.2, 0.25) is 11.8 Å². The van der Waals surface area contributed by atoms with Crippen molar-refractivity contribution in [3.63, 3.8) is 0 Å². The van der Waals surface area contributed by atoms with E-state index >= 15 is 0 Å². The van der Waals surface area contributed by atoms with Crippen LogP contribution in [0.4, 0.5) is 0 Å². The van der Waals surface area contributed by atoms with Gasteiger partial charge in [0, 0.05) is 45.1 Å². The number of carbonyl (C=O) groups is 2. The third kappa shape index (κ3) is 4.71. The smallest absolute Gasteiger partial charge is 0.224 e. The summed E-state index contributed by atoms with van der Waals surface area (Å²) in [4.78, 5) is 29.5. The Morgan fingerprint density at radius 1 is 1.52 bits per heavy atom. The largest absolute Gasteiger partial charge is 0.369 e. The zero-order chi connectivity index (χ0) is 16.4. The fraction of sp³-hybridized carbons (Fsp3) is 0.800. The van der Waals surface area contributed by atoms with E-state index in [2.05, 4.69) is 20.5 Å². The van der Waals surface area contributed by atoms with E-state index in [1.165, 1.54) is 0 Å². The maximum Gasteiger partial charge on any atom is 0.224 e. The Morgan fingerprint density at radius 3 is 2.74 bits per heavy atom. The van der Waals surface area contributed by atoms with Crippen LogP contribution in [0.25, 0.3) is 0 Å². The van der Waals surface area contributed by atoms with Crippen molar-refractivity contribution in [2.45, 2.75) is 33.1 Å². The van der Waals surface area contributed by atoms with Crippen molar-refractivity contribution in [2.75, 3.05) is 33.2 Å². The van der Waals surface area contributed by atoms with E-state index in [9.17, 15) is 9.59 Å². The first-order valence-corrected chi connectivity index (χ1v) is 7.80. The maximum atomic E-state index is 11.6. The molecule has 2 heterocycles. The second-order valence-corrected chi connectivity index (χ2v) is 7.13. The summed E-state index contributed by atoms with van der Waals surface area (Å²) >= 11 is 0. The minimum atomic E-state index is -0.631. The summed E-state index contributed by atoms with van der Waals surface area (Å²) in [5.74, 6) is 0.573. The molecule has 132 valence electrons. The van der Waals surface area contributed by atoms with Gasteiger partial charge in [0.15, 0.2) is 5.96 Å². The molecule has 2 rings (SSSR count). The van der Waals surface area contributed by atoms with Gasteiger partial charge in [-0.25, -0.2) is 0 Å². The molecule has 0 aromatic heterocycles. The quantitative estimate of drug-likeness (QED) is 0.336. The zero-order valence-corrected chi connectivity index (χ0v) is 16.5. The van der Waals surface area contributed by atoms with Gasteiger partial charge in [-0.1, -0.05) is 0 Å². The highest BCUT2D eigenvalue weighted by atomic mass is 127. The summed E-state index contributed by atoms with van der Waals surface area (Å²) in [5, 5.41) is 6.19. The van der Waals surface area contributed by atoms with Crippen LogP contribution >= 0.6 is 24.0 Å². The molecule has 2 saturated heterocycles. The molecule has 0 aromatic carbocycles. The van der Waals surface area contributed by atoms with E-state index < -0.39 is 5.41 Å². The Kier molecular flexibility index (Phi) is 6.67. The van der Waals surface area contributed by atoms with Crippen molar-refractivity contribution in [2.24, 2.45) is 21.6 Å². The molecule has 0 aromatic rings. The van der Waals surface area contributed by atoms with Gasteiger partial charge < -0.3 is 21.3 Å². The Hall–Kier alpha value is -1.06. The topological polar surface area (TPSA) is 99.8 Å². The molecule has 0 saturated carbocycles. The highest BCUT2D eigenvalue weighted by Crippen LogP contribution is 2.36. The molecule has 0 aliphatic carbocycles. The second-order valence-electron chi connectivity index (χ2n) is 7.13. The van der Waals surface area contributed by atoms with Crippen LogP contribution in [0.1, 0.15) is 33.1 Å². The van der Waals surface area contributed by atoms with Crippen LogP contribution in [0.2, 0.25) is 0 Å². The predicted octanol–water partition coefficient (Wildman–Crippen LogP) is 0.293. The number of nitrogens with one attached hydrogen (secondary N) is 2. The Bertz CT molecular complexity index is 494.